The van der Waals surface area contributed by atoms with Gasteiger partial charge in [0.2, 0.25) is 0 Å². The van der Waals surface area contributed by atoms with E-state index in [1.807, 2.05) is 0 Å². The van der Waals surface area contributed by atoms with Crippen molar-refractivity contribution < 1.29 is 47.6 Å². The Bertz CT molecular complexity index is 2280. The Hall–Kier alpha value is -7.26. The fourth-order valence-electron chi connectivity index (χ4n) is 4.23. The van der Waals surface area contributed by atoms with Crippen molar-refractivity contribution in [3.63, 3.8) is 0 Å². The summed E-state index contributed by atoms with van der Waals surface area (Å²) in [5.74, 6) is -7.67. The number of tetrazole rings is 2. The first kappa shape index (κ1) is 31.7. The second kappa shape index (κ2) is 13.2. The predicted molar refractivity (Wildman–Crippen MR) is 155 cm³/mol. The number of halogens is 2. The molecule has 248 valence electrons. The van der Waals surface area contributed by atoms with Gasteiger partial charge >= 0.3 is 11.9 Å². The summed E-state index contributed by atoms with van der Waals surface area (Å²) < 4.78 is 42.3. The van der Waals surface area contributed by atoms with Crippen LogP contribution in [0.4, 0.5) is 20.2 Å². The molecule has 0 bridgehead atoms. The molecule has 0 saturated heterocycles. The lowest BCUT2D eigenvalue weighted by molar-refractivity contribution is 0.0686. The Kier molecular flexibility index (Phi) is 8.56. The second-order valence-corrected chi connectivity index (χ2v) is 9.72. The van der Waals surface area contributed by atoms with Crippen LogP contribution in [-0.4, -0.2) is 97.7 Å². The summed E-state index contributed by atoms with van der Waals surface area (Å²) in [5, 5.41) is 52.9. The molecule has 0 aliphatic carbocycles. The monoisotopic (exact) mass is 676 g/mol. The first-order valence-electron chi connectivity index (χ1n) is 13.7. The highest BCUT2D eigenvalue weighted by Gasteiger charge is 2.21. The number of carboxylic acid groups (broad SMARTS) is 2. The highest BCUT2D eigenvalue weighted by atomic mass is 19.1. The lowest BCUT2D eigenvalue weighted by Gasteiger charge is -2.14. The fourth-order valence-corrected chi connectivity index (χ4v) is 4.23. The van der Waals surface area contributed by atoms with Crippen LogP contribution in [0, 0.1) is 11.6 Å². The third-order valence-electron chi connectivity index (χ3n) is 6.51. The number of aromatic nitrogens is 10. The van der Waals surface area contributed by atoms with Crippen molar-refractivity contribution in [2.24, 2.45) is 0 Å². The van der Waals surface area contributed by atoms with Crippen molar-refractivity contribution in [1.29, 1.82) is 0 Å². The van der Waals surface area contributed by atoms with E-state index in [4.69, 9.17) is 9.47 Å². The van der Waals surface area contributed by atoms with Crippen LogP contribution in [0.25, 0.3) is 11.3 Å². The van der Waals surface area contributed by atoms with Crippen LogP contribution in [0.15, 0.2) is 48.5 Å². The van der Waals surface area contributed by atoms with E-state index in [1.165, 1.54) is 24.3 Å². The van der Waals surface area contributed by atoms with E-state index in [2.05, 4.69) is 51.9 Å². The number of carbonyl (C=O) groups is 4. The normalized spacial score (nSPS) is 11.0. The van der Waals surface area contributed by atoms with Crippen LogP contribution in [0.2, 0.25) is 0 Å². The number of rotatable bonds is 12. The first-order valence-corrected chi connectivity index (χ1v) is 13.7. The molecule has 0 atom stereocenters. The van der Waals surface area contributed by atoms with Crippen molar-refractivity contribution in [2.45, 2.75) is 6.42 Å². The number of ether oxygens (including phenoxy) is 2. The highest BCUT2D eigenvalue weighted by molar-refractivity contribution is 6.08. The number of fused-ring (bicyclic) bond motifs is 2. The number of amides is 2. The van der Waals surface area contributed by atoms with Crippen LogP contribution >= 0.6 is 0 Å². The van der Waals surface area contributed by atoms with Gasteiger partial charge in [-0.15, -0.1) is 29.7 Å². The van der Waals surface area contributed by atoms with Gasteiger partial charge in [-0.1, -0.05) is 0 Å². The van der Waals surface area contributed by atoms with E-state index >= 15 is 0 Å². The maximum absolute atomic E-state index is 14.9. The summed E-state index contributed by atoms with van der Waals surface area (Å²) in [5.41, 5.74) is -1.58. The summed E-state index contributed by atoms with van der Waals surface area (Å²) in [6.07, 6.45) is 0.0172. The van der Waals surface area contributed by atoms with Gasteiger partial charge in [-0.3, -0.25) is 9.59 Å². The molecule has 6 aromatic rings. The van der Waals surface area contributed by atoms with E-state index in [0.29, 0.717) is 6.07 Å². The molecular weight excluding hydrogens is 658 g/mol. The summed E-state index contributed by atoms with van der Waals surface area (Å²) >= 11 is 0. The molecule has 0 saturated carbocycles. The molecule has 0 spiro atoms. The number of aromatic carboxylic acids is 2. The van der Waals surface area contributed by atoms with E-state index in [-0.39, 0.29) is 53.7 Å². The molecule has 2 aromatic carbocycles. The molecule has 2 amide bonds. The molecule has 0 aliphatic heterocycles. The molecule has 20 nitrogen and oxygen atoms in total. The Morgan fingerprint density at radius 1 is 0.673 bits per heavy atom. The topological polar surface area (TPSA) is 263 Å². The molecule has 0 radical (unpaired) electrons. The van der Waals surface area contributed by atoms with E-state index in [9.17, 15) is 38.2 Å². The summed E-state index contributed by atoms with van der Waals surface area (Å²) in [7, 11) is 0. The predicted octanol–water partition coefficient (Wildman–Crippen LogP) is 1.38. The zero-order chi connectivity index (χ0) is 34.7. The summed E-state index contributed by atoms with van der Waals surface area (Å²) in [6, 6.07) is 8.65. The minimum atomic E-state index is -1.53. The van der Waals surface area contributed by atoms with Crippen LogP contribution in [0.3, 0.4) is 0 Å². The van der Waals surface area contributed by atoms with Crippen LogP contribution in [-0.2, 0) is 0 Å². The Balaban J connectivity index is 1.08. The molecule has 4 aromatic heterocycles. The van der Waals surface area contributed by atoms with Gasteiger partial charge in [0.25, 0.3) is 11.8 Å². The van der Waals surface area contributed by atoms with Gasteiger partial charge in [-0.25, -0.2) is 18.4 Å². The lowest BCUT2D eigenvalue weighted by atomic mass is 10.1. The van der Waals surface area contributed by atoms with Gasteiger partial charge in [0.05, 0.1) is 35.7 Å². The Morgan fingerprint density at radius 3 is 1.67 bits per heavy atom. The number of anilines is 2. The summed E-state index contributed by atoms with van der Waals surface area (Å²) in [4.78, 5) is 49.0. The maximum atomic E-state index is 14.9. The van der Waals surface area contributed by atoms with Crippen molar-refractivity contribution in [3.8, 4) is 11.5 Å². The van der Waals surface area contributed by atoms with E-state index < -0.39 is 58.0 Å². The van der Waals surface area contributed by atoms with Gasteiger partial charge in [0.15, 0.2) is 45.8 Å². The standard InChI is InChI=1S/C27H18F2N12O8/c28-14-8-12(26(44)45)19(31-25(43)17-3-5-23-33-37-39-41(23)35-17)11-21(14)49-7-1-6-48-20-9-13(27(46)47)18(10-15(20)29)30-24(42)16-2-4-22-32-36-38-40(22)34-16/h2-5,8-11H,1,6-7H2,(H,30,42)(H,31,43)(H,44,45)(H,46,47). The SMILES string of the molecule is O=C(Nc1cc(OCCCOc2cc(C(=O)O)c(NC(=O)c3ccc4nnnn4n3)cc2F)c(F)cc1C(=O)O)c1ccc2nnnn2n1. The number of benzene rings is 2. The third-order valence-corrected chi connectivity index (χ3v) is 6.51. The number of carbonyl (C=O) groups excluding carboxylic acids is 2. The van der Waals surface area contributed by atoms with E-state index in [1.54, 1.807) is 0 Å². The lowest BCUT2D eigenvalue weighted by Crippen LogP contribution is -2.18. The quantitative estimate of drug-likeness (QED) is 0.133. The second-order valence-electron chi connectivity index (χ2n) is 9.72. The van der Waals surface area contributed by atoms with Crippen molar-refractivity contribution in [1.82, 2.24) is 50.5 Å². The van der Waals surface area contributed by atoms with Gasteiger partial charge in [0, 0.05) is 18.6 Å². The van der Waals surface area contributed by atoms with Gasteiger partial charge in [-0.2, -0.15) is 0 Å². The fraction of sp³-hybridized carbons (Fsp3) is 0.111. The zero-order valence-electron chi connectivity index (χ0n) is 24.3. The third kappa shape index (κ3) is 6.81. The van der Waals surface area contributed by atoms with Gasteiger partial charge in [0.1, 0.15) is 0 Å². The molecule has 49 heavy (non-hydrogen) atoms. The highest BCUT2D eigenvalue weighted by Crippen LogP contribution is 2.29. The number of nitrogens with zero attached hydrogens (tertiary/aromatic N) is 10. The molecule has 22 heteroatoms. The number of hydrogen-bond donors (Lipinski definition) is 4. The average molecular weight is 677 g/mol. The van der Waals surface area contributed by atoms with Crippen LogP contribution in [0.1, 0.15) is 48.1 Å². The minimum Gasteiger partial charge on any atom is -0.490 e. The van der Waals surface area contributed by atoms with Gasteiger partial charge < -0.3 is 30.3 Å². The number of nitrogens with one attached hydrogen (secondary N) is 2. The van der Waals surface area contributed by atoms with Crippen molar-refractivity contribution >= 4 is 46.4 Å². The Morgan fingerprint density at radius 2 is 1.14 bits per heavy atom. The number of hydrogen-bond acceptors (Lipinski definition) is 14. The number of carboxylic acids is 2. The zero-order valence-corrected chi connectivity index (χ0v) is 24.3. The molecule has 4 heterocycles. The molecule has 0 aliphatic rings. The summed E-state index contributed by atoms with van der Waals surface area (Å²) in [6.45, 7) is -0.463. The average Bonchev–Trinajstić information content (AvgIpc) is 3.75. The minimum absolute atomic E-state index is 0.0172. The maximum Gasteiger partial charge on any atom is 0.337 e. The smallest absolute Gasteiger partial charge is 0.337 e. The van der Waals surface area contributed by atoms with Crippen molar-refractivity contribution in [3.05, 3.63) is 82.7 Å². The van der Waals surface area contributed by atoms with Crippen LogP contribution in [0.5, 0.6) is 11.5 Å². The van der Waals surface area contributed by atoms with Crippen molar-refractivity contribution in [2.75, 3.05) is 23.8 Å². The van der Waals surface area contributed by atoms with Crippen LogP contribution < -0.4 is 20.1 Å². The molecule has 0 unspecified atom stereocenters. The van der Waals surface area contributed by atoms with E-state index in [0.717, 1.165) is 27.5 Å². The van der Waals surface area contributed by atoms with Gasteiger partial charge in [-0.05, 0) is 57.3 Å². The Labute approximate surface area is 269 Å². The largest absolute Gasteiger partial charge is 0.490 e. The molecule has 4 N–H and O–H groups in total. The molecular formula is C27H18F2N12O8. The first-order chi connectivity index (χ1) is 23.6. The molecule has 0 fully saturated rings. The molecule has 6 rings (SSSR count).